The van der Waals surface area contributed by atoms with E-state index in [2.05, 4.69) is 12.6 Å². The lowest BCUT2D eigenvalue weighted by molar-refractivity contribution is -0.141. The topological polar surface area (TPSA) is 74.6 Å². The maximum absolute atomic E-state index is 11.2. The molecular weight excluding hydrogens is 264 g/mol. The normalized spacial score (nSPS) is 13.8. The molecule has 0 radical (unpaired) electrons. The minimum atomic E-state index is -1.00. The standard InChI is InChI=1S/C14H18O4S/c1-9(19)5-6-12(14(17)18)8-10-3-2-4-11(7-10)13(15)16/h2-4,7,9,12,19H,5-6,8H2,1H3,(H,15,16)(H,17,18). The predicted octanol–water partition coefficient (Wildman–Crippen LogP) is 2.73. The molecule has 0 aliphatic heterocycles. The Kier molecular flexibility index (Phi) is 5.89. The SMILES string of the molecule is CC(S)CCC(Cc1cccc(C(=O)O)c1)C(=O)O. The molecule has 4 nitrogen and oxygen atoms in total. The molecule has 0 saturated carbocycles. The third-order valence-electron chi connectivity index (χ3n) is 2.94. The monoisotopic (exact) mass is 282 g/mol. The van der Waals surface area contributed by atoms with Gasteiger partial charge in [-0.05, 0) is 42.2 Å². The van der Waals surface area contributed by atoms with Gasteiger partial charge in [0.2, 0.25) is 0 Å². The van der Waals surface area contributed by atoms with Crippen LogP contribution in [-0.2, 0) is 11.2 Å². The Morgan fingerprint density at radius 2 is 1.95 bits per heavy atom. The van der Waals surface area contributed by atoms with Gasteiger partial charge in [0.25, 0.3) is 0 Å². The Hall–Kier alpha value is -1.49. The van der Waals surface area contributed by atoms with E-state index in [-0.39, 0.29) is 10.8 Å². The minimum Gasteiger partial charge on any atom is -0.481 e. The first-order valence-electron chi connectivity index (χ1n) is 6.13. The zero-order valence-corrected chi connectivity index (χ0v) is 11.6. The summed E-state index contributed by atoms with van der Waals surface area (Å²) in [5.74, 6) is -2.36. The van der Waals surface area contributed by atoms with Crippen molar-refractivity contribution < 1.29 is 19.8 Å². The molecule has 0 aliphatic carbocycles. The largest absolute Gasteiger partial charge is 0.481 e. The van der Waals surface area contributed by atoms with E-state index in [4.69, 9.17) is 5.11 Å². The maximum atomic E-state index is 11.2. The first-order valence-corrected chi connectivity index (χ1v) is 6.65. The highest BCUT2D eigenvalue weighted by atomic mass is 32.1. The van der Waals surface area contributed by atoms with Crippen LogP contribution in [0.15, 0.2) is 24.3 Å². The van der Waals surface area contributed by atoms with Gasteiger partial charge >= 0.3 is 11.9 Å². The first-order chi connectivity index (χ1) is 8.90. The van der Waals surface area contributed by atoms with Gasteiger partial charge in [-0.1, -0.05) is 19.1 Å². The highest BCUT2D eigenvalue weighted by Gasteiger charge is 2.19. The number of carboxylic acid groups (broad SMARTS) is 2. The van der Waals surface area contributed by atoms with Crippen LogP contribution in [0.1, 0.15) is 35.7 Å². The minimum absolute atomic E-state index is 0.159. The van der Waals surface area contributed by atoms with Gasteiger partial charge < -0.3 is 10.2 Å². The van der Waals surface area contributed by atoms with Crippen LogP contribution in [0.2, 0.25) is 0 Å². The van der Waals surface area contributed by atoms with Crippen molar-refractivity contribution in [2.45, 2.75) is 31.4 Å². The number of rotatable bonds is 7. The van der Waals surface area contributed by atoms with E-state index in [0.29, 0.717) is 12.8 Å². The van der Waals surface area contributed by atoms with Crippen LogP contribution >= 0.6 is 12.6 Å². The number of aliphatic carboxylic acids is 1. The summed E-state index contributed by atoms with van der Waals surface area (Å²) >= 11 is 4.24. The van der Waals surface area contributed by atoms with Gasteiger partial charge in [0.1, 0.15) is 0 Å². The molecule has 0 fully saturated rings. The Morgan fingerprint density at radius 3 is 2.47 bits per heavy atom. The Labute approximate surface area is 117 Å². The van der Waals surface area contributed by atoms with Crippen molar-refractivity contribution in [3.63, 3.8) is 0 Å². The average molecular weight is 282 g/mol. The summed E-state index contributed by atoms with van der Waals surface area (Å²) < 4.78 is 0. The summed E-state index contributed by atoms with van der Waals surface area (Å²) in [6, 6.07) is 6.42. The van der Waals surface area contributed by atoms with Crippen LogP contribution in [-0.4, -0.2) is 27.4 Å². The van der Waals surface area contributed by atoms with Crippen molar-refractivity contribution in [1.29, 1.82) is 0 Å². The van der Waals surface area contributed by atoms with E-state index < -0.39 is 17.9 Å². The third kappa shape index (κ3) is 5.34. The lowest BCUT2D eigenvalue weighted by atomic mass is 9.93. The molecular formula is C14H18O4S. The van der Waals surface area contributed by atoms with Gasteiger partial charge in [0.05, 0.1) is 11.5 Å². The number of hydrogen-bond acceptors (Lipinski definition) is 3. The molecule has 1 rings (SSSR count). The molecule has 0 heterocycles. The Balaban J connectivity index is 2.76. The molecule has 5 heteroatoms. The predicted molar refractivity (Wildman–Crippen MR) is 75.9 cm³/mol. The molecule has 0 amide bonds. The van der Waals surface area contributed by atoms with Crippen molar-refractivity contribution in [2.75, 3.05) is 0 Å². The van der Waals surface area contributed by atoms with Gasteiger partial charge in [-0.3, -0.25) is 4.79 Å². The average Bonchev–Trinajstić information content (AvgIpc) is 2.34. The summed E-state index contributed by atoms with van der Waals surface area (Å²) in [6.07, 6.45) is 1.60. The van der Waals surface area contributed by atoms with Gasteiger partial charge in [-0.25, -0.2) is 4.79 Å². The molecule has 0 saturated heterocycles. The van der Waals surface area contributed by atoms with E-state index in [0.717, 1.165) is 12.0 Å². The fourth-order valence-corrected chi connectivity index (χ4v) is 2.02. The number of benzene rings is 1. The van der Waals surface area contributed by atoms with Gasteiger partial charge in [0, 0.05) is 0 Å². The molecule has 0 spiro atoms. The second-order valence-electron chi connectivity index (χ2n) is 4.67. The Bertz CT molecular complexity index is 457. The second-order valence-corrected chi connectivity index (χ2v) is 5.55. The zero-order valence-electron chi connectivity index (χ0n) is 10.7. The first kappa shape index (κ1) is 15.6. The Morgan fingerprint density at radius 1 is 1.26 bits per heavy atom. The highest BCUT2D eigenvalue weighted by Crippen LogP contribution is 2.18. The summed E-state index contributed by atoms with van der Waals surface area (Å²) in [5, 5.41) is 18.2. The molecule has 0 aliphatic rings. The molecule has 19 heavy (non-hydrogen) atoms. The zero-order chi connectivity index (χ0) is 14.4. The lowest BCUT2D eigenvalue weighted by Crippen LogP contribution is -2.17. The molecule has 104 valence electrons. The van der Waals surface area contributed by atoms with Crippen molar-refractivity contribution in [3.8, 4) is 0 Å². The molecule has 2 unspecified atom stereocenters. The molecule has 0 bridgehead atoms. The van der Waals surface area contributed by atoms with Crippen LogP contribution < -0.4 is 0 Å². The summed E-state index contributed by atoms with van der Waals surface area (Å²) in [7, 11) is 0. The summed E-state index contributed by atoms with van der Waals surface area (Å²) in [6.45, 7) is 1.92. The summed E-state index contributed by atoms with van der Waals surface area (Å²) in [4.78, 5) is 22.1. The van der Waals surface area contributed by atoms with Crippen molar-refractivity contribution >= 4 is 24.6 Å². The number of carbonyl (C=O) groups is 2. The van der Waals surface area contributed by atoms with E-state index >= 15 is 0 Å². The fourth-order valence-electron chi connectivity index (χ4n) is 1.87. The van der Waals surface area contributed by atoms with E-state index in [1.165, 1.54) is 12.1 Å². The number of carboxylic acids is 2. The van der Waals surface area contributed by atoms with Gasteiger partial charge in [0.15, 0.2) is 0 Å². The number of aromatic carboxylic acids is 1. The smallest absolute Gasteiger partial charge is 0.335 e. The molecule has 1 aromatic rings. The third-order valence-corrected chi connectivity index (χ3v) is 3.20. The quantitative estimate of drug-likeness (QED) is 0.672. The number of thiol groups is 1. The van der Waals surface area contributed by atoms with E-state index in [1.807, 2.05) is 6.92 Å². The lowest BCUT2D eigenvalue weighted by Gasteiger charge is -2.13. The fraction of sp³-hybridized carbons (Fsp3) is 0.429. The molecule has 0 aromatic heterocycles. The van der Waals surface area contributed by atoms with E-state index in [1.54, 1.807) is 12.1 Å². The van der Waals surface area contributed by atoms with Crippen molar-refractivity contribution in [1.82, 2.24) is 0 Å². The molecule has 2 N–H and O–H groups in total. The van der Waals surface area contributed by atoms with Crippen molar-refractivity contribution in [2.24, 2.45) is 5.92 Å². The van der Waals surface area contributed by atoms with E-state index in [9.17, 15) is 14.7 Å². The molecule has 2 atom stereocenters. The molecule has 1 aromatic carbocycles. The van der Waals surface area contributed by atoms with Crippen LogP contribution in [0.3, 0.4) is 0 Å². The second kappa shape index (κ2) is 7.19. The van der Waals surface area contributed by atoms with Crippen LogP contribution in [0, 0.1) is 5.92 Å². The maximum Gasteiger partial charge on any atom is 0.335 e. The van der Waals surface area contributed by atoms with Crippen LogP contribution in [0.25, 0.3) is 0 Å². The van der Waals surface area contributed by atoms with Crippen LogP contribution in [0.4, 0.5) is 0 Å². The van der Waals surface area contributed by atoms with Gasteiger partial charge in [-0.2, -0.15) is 12.6 Å². The number of hydrogen-bond donors (Lipinski definition) is 3. The highest BCUT2D eigenvalue weighted by molar-refractivity contribution is 7.80. The summed E-state index contributed by atoms with van der Waals surface area (Å²) in [5.41, 5.74) is 0.920. The van der Waals surface area contributed by atoms with Gasteiger partial charge in [-0.15, -0.1) is 0 Å². The van der Waals surface area contributed by atoms with Crippen molar-refractivity contribution in [3.05, 3.63) is 35.4 Å². The van der Waals surface area contributed by atoms with Crippen LogP contribution in [0.5, 0.6) is 0 Å².